The van der Waals surface area contributed by atoms with Gasteiger partial charge in [-0.2, -0.15) is 0 Å². The highest BCUT2D eigenvalue weighted by Gasteiger charge is 2.51. The number of nitrogens with one attached hydrogen (secondary N) is 2. The summed E-state index contributed by atoms with van der Waals surface area (Å²) in [5.41, 5.74) is 3.10. The fourth-order valence-electron chi connectivity index (χ4n) is 4.87. The number of carbonyl (C=O) groups excluding carboxylic acids is 1. The molecule has 2 N–H and O–H groups in total. The Morgan fingerprint density at radius 2 is 2.00 bits per heavy atom. The molecular formula is C23H25FN6O2. The molecule has 0 atom stereocenters. The van der Waals surface area contributed by atoms with E-state index in [-0.39, 0.29) is 28.0 Å². The van der Waals surface area contributed by atoms with Gasteiger partial charge in [-0.1, -0.05) is 6.92 Å². The van der Waals surface area contributed by atoms with Gasteiger partial charge in [0, 0.05) is 51.4 Å². The molecule has 2 saturated heterocycles. The van der Waals surface area contributed by atoms with Gasteiger partial charge < -0.3 is 15.2 Å². The summed E-state index contributed by atoms with van der Waals surface area (Å²) in [5, 5.41) is 2.57. The quantitative estimate of drug-likeness (QED) is 0.632. The number of amides is 1. The van der Waals surface area contributed by atoms with Crippen LogP contribution in [0.3, 0.4) is 0 Å². The molecule has 166 valence electrons. The largest absolute Gasteiger partial charge is 0.369 e. The molecule has 3 aromatic heterocycles. The molecule has 0 aromatic carbocycles. The molecule has 5 rings (SSSR count). The van der Waals surface area contributed by atoms with Gasteiger partial charge >= 0.3 is 0 Å². The molecule has 2 fully saturated rings. The highest BCUT2D eigenvalue weighted by Crippen LogP contribution is 2.42. The third-order valence-electron chi connectivity index (χ3n) is 6.44. The summed E-state index contributed by atoms with van der Waals surface area (Å²) in [6, 6.07) is 5.51. The molecule has 8 nitrogen and oxygen atoms in total. The van der Waals surface area contributed by atoms with Crippen molar-refractivity contribution >= 4 is 22.6 Å². The van der Waals surface area contributed by atoms with E-state index < -0.39 is 5.82 Å². The molecule has 0 aliphatic carbocycles. The number of carbonyl (C=O) groups is 1. The standard InChI is InChI=1S/C23H25FN6O2/c1-3-16-19(24)20-18(28-21(16)31)6-14(7-27-20)9-29-10-23(11-29)12-30(13-23)15-4-5-17(26-8-15)22(32)25-2/h4-8H,3,9-13H2,1-2H3,(H,25,32)(H,28,31). The van der Waals surface area contributed by atoms with E-state index >= 15 is 0 Å². The molecule has 5 heterocycles. The van der Waals surface area contributed by atoms with E-state index in [1.165, 1.54) is 0 Å². The van der Waals surface area contributed by atoms with Gasteiger partial charge in [0.2, 0.25) is 0 Å². The number of rotatable bonds is 5. The minimum absolute atomic E-state index is 0.149. The van der Waals surface area contributed by atoms with Crippen LogP contribution < -0.4 is 15.8 Å². The van der Waals surface area contributed by atoms with Crippen LogP contribution in [0.15, 0.2) is 35.4 Å². The zero-order chi connectivity index (χ0) is 22.5. The van der Waals surface area contributed by atoms with Crippen molar-refractivity contribution in [2.45, 2.75) is 19.9 Å². The lowest BCUT2D eigenvalue weighted by Crippen LogP contribution is -2.71. The molecule has 9 heteroatoms. The van der Waals surface area contributed by atoms with E-state index in [4.69, 9.17) is 0 Å². The molecule has 0 saturated carbocycles. The lowest BCUT2D eigenvalue weighted by Gasteiger charge is -2.61. The second kappa shape index (κ2) is 7.67. The number of hydrogen-bond donors (Lipinski definition) is 2. The maximum atomic E-state index is 14.5. The van der Waals surface area contributed by atoms with Crippen LogP contribution in [0.25, 0.3) is 11.0 Å². The SMILES string of the molecule is CCc1c(F)c2ncc(CN3CC4(C3)CN(c3ccc(C(=O)NC)nc3)C4)cc2[nH]c1=O. The van der Waals surface area contributed by atoms with Gasteiger partial charge in [0.1, 0.15) is 11.2 Å². The van der Waals surface area contributed by atoms with Crippen LogP contribution in [-0.4, -0.2) is 59.0 Å². The fourth-order valence-corrected chi connectivity index (χ4v) is 4.87. The number of hydrogen-bond acceptors (Lipinski definition) is 6. The van der Waals surface area contributed by atoms with Crippen LogP contribution in [0.5, 0.6) is 0 Å². The Balaban J connectivity index is 1.19. The Morgan fingerprint density at radius 1 is 1.22 bits per heavy atom. The van der Waals surface area contributed by atoms with Crippen molar-refractivity contribution in [2.24, 2.45) is 5.41 Å². The summed E-state index contributed by atoms with van der Waals surface area (Å²) >= 11 is 0. The summed E-state index contributed by atoms with van der Waals surface area (Å²) < 4.78 is 14.5. The van der Waals surface area contributed by atoms with Crippen molar-refractivity contribution in [3.05, 3.63) is 63.6 Å². The first-order valence-electron chi connectivity index (χ1n) is 10.8. The Hall–Kier alpha value is -3.33. The average Bonchev–Trinajstić information content (AvgIpc) is 2.74. The third-order valence-corrected chi connectivity index (χ3v) is 6.44. The van der Waals surface area contributed by atoms with Gasteiger partial charge in [0.15, 0.2) is 5.82 Å². The molecule has 1 amide bonds. The minimum Gasteiger partial charge on any atom is -0.369 e. The van der Waals surface area contributed by atoms with Gasteiger partial charge in [0.05, 0.1) is 23.0 Å². The van der Waals surface area contributed by atoms with Crippen molar-refractivity contribution in [3.63, 3.8) is 0 Å². The van der Waals surface area contributed by atoms with Crippen LogP contribution >= 0.6 is 0 Å². The molecule has 2 aliphatic rings. The van der Waals surface area contributed by atoms with Crippen molar-refractivity contribution in [1.29, 1.82) is 0 Å². The van der Waals surface area contributed by atoms with E-state index in [0.717, 1.165) is 37.4 Å². The second-order valence-electron chi connectivity index (χ2n) is 8.82. The molecule has 3 aromatic rings. The Bertz CT molecular complexity index is 1240. The van der Waals surface area contributed by atoms with E-state index in [1.807, 2.05) is 12.1 Å². The molecule has 0 radical (unpaired) electrons. The smallest absolute Gasteiger partial charge is 0.269 e. The zero-order valence-electron chi connectivity index (χ0n) is 18.1. The molecule has 0 unspecified atom stereocenters. The first-order valence-corrected chi connectivity index (χ1v) is 10.8. The van der Waals surface area contributed by atoms with Crippen LogP contribution in [0.1, 0.15) is 28.5 Å². The number of nitrogens with zero attached hydrogens (tertiary/aromatic N) is 4. The first-order chi connectivity index (χ1) is 15.4. The van der Waals surface area contributed by atoms with Crippen LogP contribution in [0.2, 0.25) is 0 Å². The second-order valence-corrected chi connectivity index (χ2v) is 8.82. The lowest BCUT2D eigenvalue weighted by molar-refractivity contribution is -0.0273. The number of anilines is 1. The number of fused-ring (bicyclic) bond motifs is 1. The summed E-state index contributed by atoms with van der Waals surface area (Å²) in [4.78, 5) is 39.6. The highest BCUT2D eigenvalue weighted by molar-refractivity contribution is 5.92. The fraction of sp³-hybridized carbons (Fsp3) is 0.391. The van der Waals surface area contributed by atoms with E-state index in [2.05, 4.69) is 30.1 Å². The van der Waals surface area contributed by atoms with Gasteiger partial charge in [-0.05, 0) is 30.2 Å². The molecule has 0 bridgehead atoms. The van der Waals surface area contributed by atoms with Crippen LogP contribution in [0, 0.1) is 11.2 Å². The van der Waals surface area contributed by atoms with Crippen molar-refractivity contribution in [2.75, 3.05) is 38.1 Å². The van der Waals surface area contributed by atoms with Gasteiger partial charge in [-0.25, -0.2) is 9.37 Å². The van der Waals surface area contributed by atoms with E-state index in [1.54, 1.807) is 32.4 Å². The van der Waals surface area contributed by atoms with Crippen molar-refractivity contribution in [3.8, 4) is 0 Å². The molecule has 32 heavy (non-hydrogen) atoms. The maximum Gasteiger partial charge on any atom is 0.269 e. The Labute approximate surface area is 184 Å². The maximum absolute atomic E-state index is 14.5. The van der Waals surface area contributed by atoms with Gasteiger partial charge in [0.25, 0.3) is 11.5 Å². The number of aromatic nitrogens is 3. The number of likely N-dealkylation sites (tertiary alicyclic amines) is 1. The normalized spacial score (nSPS) is 17.3. The number of pyridine rings is 3. The summed E-state index contributed by atoms with van der Waals surface area (Å²) in [6.45, 7) is 6.34. The first kappa shape index (κ1) is 20.6. The summed E-state index contributed by atoms with van der Waals surface area (Å²) in [6.07, 6.45) is 3.78. The summed E-state index contributed by atoms with van der Waals surface area (Å²) in [7, 11) is 1.59. The van der Waals surface area contributed by atoms with Crippen LogP contribution in [0.4, 0.5) is 10.1 Å². The Kier molecular flexibility index (Phi) is 4.93. The van der Waals surface area contributed by atoms with Crippen molar-refractivity contribution in [1.82, 2.24) is 25.2 Å². The van der Waals surface area contributed by atoms with E-state index in [9.17, 15) is 14.0 Å². The molecule has 2 aliphatic heterocycles. The average molecular weight is 436 g/mol. The minimum atomic E-state index is -0.520. The van der Waals surface area contributed by atoms with Gasteiger partial charge in [-0.15, -0.1) is 0 Å². The monoisotopic (exact) mass is 436 g/mol. The topological polar surface area (TPSA) is 94.2 Å². The zero-order valence-corrected chi connectivity index (χ0v) is 18.1. The predicted molar refractivity (Wildman–Crippen MR) is 119 cm³/mol. The van der Waals surface area contributed by atoms with Gasteiger partial charge in [-0.3, -0.25) is 19.5 Å². The summed E-state index contributed by atoms with van der Waals surface area (Å²) in [5.74, 6) is -0.708. The highest BCUT2D eigenvalue weighted by atomic mass is 19.1. The predicted octanol–water partition coefficient (Wildman–Crippen LogP) is 1.70. The van der Waals surface area contributed by atoms with E-state index in [0.29, 0.717) is 24.2 Å². The van der Waals surface area contributed by atoms with Crippen LogP contribution in [-0.2, 0) is 13.0 Å². The molecule has 1 spiro atoms. The van der Waals surface area contributed by atoms with Crippen molar-refractivity contribution < 1.29 is 9.18 Å². The number of H-pyrrole nitrogens is 1. The third kappa shape index (κ3) is 3.42. The number of halogens is 1. The Morgan fingerprint density at radius 3 is 2.66 bits per heavy atom. The number of aromatic amines is 1. The molecular weight excluding hydrogens is 411 g/mol. The lowest BCUT2D eigenvalue weighted by atomic mass is 9.72.